The molecular weight excluding hydrogens is 441 g/mol. The maximum atomic E-state index is 12.9. The molecule has 0 amide bonds. The average Bonchev–Trinajstić information content (AvgIpc) is 3.47. The number of benzene rings is 2. The molecule has 180 valence electrons. The molecule has 5 rings (SSSR count). The van der Waals surface area contributed by atoms with Gasteiger partial charge in [0.2, 0.25) is 0 Å². The smallest absolute Gasteiger partial charge is 0.171 e. The SMILES string of the molecule is CNc1nnn2c1CCC2c1ccc(F)cc1.Cc1cc(-c2ccc(C=O)cc2C(C)C)ccn1. The maximum Gasteiger partial charge on any atom is 0.171 e. The molecular formula is C28H30FN5O. The zero-order valence-corrected chi connectivity index (χ0v) is 20.5. The van der Waals surface area contributed by atoms with E-state index in [1.807, 2.05) is 61.2 Å². The Morgan fingerprint density at radius 1 is 1.11 bits per heavy atom. The number of halogens is 1. The molecule has 0 spiro atoms. The topological polar surface area (TPSA) is 72.7 Å². The van der Waals surface area contributed by atoms with Crippen molar-refractivity contribution in [2.45, 2.75) is 45.6 Å². The fourth-order valence-electron chi connectivity index (χ4n) is 4.49. The van der Waals surface area contributed by atoms with Gasteiger partial charge in [0, 0.05) is 24.5 Å². The standard InChI is InChI=1S/C16H17NO.C12H13FN4/c1-11(2)16-9-13(10-18)4-5-15(16)14-6-7-17-12(3)8-14;1-14-12-11-7-6-10(17(11)16-15-12)8-2-4-9(13)5-3-8/h4-11H,1-3H3;2-5,10,14H,6-7H2,1H3. The summed E-state index contributed by atoms with van der Waals surface area (Å²) in [4.78, 5) is 15.1. The van der Waals surface area contributed by atoms with Gasteiger partial charge in [0.05, 0.1) is 11.7 Å². The fourth-order valence-corrected chi connectivity index (χ4v) is 4.49. The van der Waals surface area contributed by atoms with Crippen LogP contribution in [0.1, 0.15) is 65.1 Å². The minimum Gasteiger partial charge on any atom is -0.370 e. The minimum absolute atomic E-state index is 0.181. The van der Waals surface area contributed by atoms with Crippen LogP contribution in [0, 0.1) is 12.7 Å². The van der Waals surface area contributed by atoms with Crippen LogP contribution in [-0.4, -0.2) is 33.3 Å². The molecule has 1 aliphatic heterocycles. The molecule has 2 aromatic heterocycles. The lowest BCUT2D eigenvalue weighted by atomic mass is 9.91. The van der Waals surface area contributed by atoms with Crippen molar-refractivity contribution in [3.8, 4) is 11.1 Å². The molecule has 0 saturated carbocycles. The lowest BCUT2D eigenvalue weighted by Crippen LogP contribution is -2.07. The summed E-state index contributed by atoms with van der Waals surface area (Å²) < 4.78 is 14.8. The fraction of sp³-hybridized carbons (Fsp3) is 0.286. The number of anilines is 1. The Hall–Kier alpha value is -3.87. The molecule has 4 aromatic rings. The highest BCUT2D eigenvalue weighted by Crippen LogP contribution is 2.33. The van der Waals surface area contributed by atoms with Crippen LogP contribution in [0.3, 0.4) is 0 Å². The number of carbonyl (C=O) groups excluding carboxylic acids is 1. The highest BCUT2D eigenvalue weighted by atomic mass is 19.1. The van der Waals surface area contributed by atoms with E-state index in [0.29, 0.717) is 5.92 Å². The van der Waals surface area contributed by atoms with Gasteiger partial charge in [-0.05, 0) is 78.3 Å². The summed E-state index contributed by atoms with van der Waals surface area (Å²) in [6.07, 6.45) is 4.66. The van der Waals surface area contributed by atoms with Gasteiger partial charge in [0.15, 0.2) is 5.82 Å². The van der Waals surface area contributed by atoms with Gasteiger partial charge in [-0.15, -0.1) is 5.10 Å². The van der Waals surface area contributed by atoms with E-state index < -0.39 is 0 Å². The van der Waals surface area contributed by atoms with Crippen LogP contribution < -0.4 is 5.32 Å². The molecule has 1 atom stereocenters. The number of aromatic nitrogens is 4. The summed E-state index contributed by atoms with van der Waals surface area (Å²) in [7, 11) is 1.84. The maximum absolute atomic E-state index is 12.9. The monoisotopic (exact) mass is 471 g/mol. The van der Waals surface area contributed by atoms with Crippen molar-refractivity contribution in [3.05, 3.63) is 94.7 Å². The lowest BCUT2D eigenvalue weighted by Gasteiger charge is -2.14. The van der Waals surface area contributed by atoms with Crippen molar-refractivity contribution in [2.75, 3.05) is 12.4 Å². The van der Waals surface area contributed by atoms with Crippen LogP contribution in [0.15, 0.2) is 60.8 Å². The Morgan fingerprint density at radius 2 is 1.89 bits per heavy atom. The van der Waals surface area contributed by atoms with Crippen LogP contribution in [0.2, 0.25) is 0 Å². The largest absolute Gasteiger partial charge is 0.370 e. The van der Waals surface area contributed by atoms with E-state index >= 15 is 0 Å². The Bertz CT molecular complexity index is 1310. The van der Waals surface area contributed by atoms with Crippen molar-refractivity contribution < 1.29 is 9.18 Å². The quantitative estimate of drug-likeness (QED) is 0.362. The summed E-state index contributed by atoms with van der Waals surface area (Å²) in [6.45, 7) is 6.27. The second kappa shape index (κ2) is 10.6. The van der Waals surface area contributed by atoms with Crippen LogP contribution in [-0.2, 0) is 6.42 Å². The van der Waals surface area contributed by atoms with Gasteiger partial charge in [-0.25, -0.2) is 9.07 Å². The average molecular weight is 472 g/mol. The van der Waals surface area contributed by atoms with Gasteiger partial charge < -0.3 is 5.32 Å². The van der Waals surface area contributed by atoms with E-state index in [9.17, 15) is 9.18 Å². The minimum atomic E-state index is -0.207. The van der Waals surface area contributed by atoms with Crippen molar-refractivity contribution in [1.82, 2.24) is 20.0 Å². The normalized spacial score (nSPS) is 14.3. The Morgan fingerprint density at radius 3 is 2.54 bits per heavy atom. The third-order valence-corrected chi connectivity index (χ3v) is 6.27. The predicted molar refractivity (Wildman–Crippen MR) is 136 cm³/mol. The molecule has 0 saturated heterocycles. The lowest BCUT2D eigenvalue weighted by molar-refractivity contribution is 0.112. The highest BCUT2D eigenvalue weighted by Gasteiger charge is 2.27. The van der Waals surface area contributed by atoms with Crippen LogP contribution in [0.4, 0.5) is 10.2 Å². The van der Waals surface area contributed by atoms with E-state index in [1.54, 1.807) is 0 Å². The van der Waals surface area contributed by atoms with Crippen molar-refractivity contribution in [3.63, 3.8) is 0 Å². The van der Waals surface area contributed by atoms with Crippen LogP contribution in [0.25, 0.3) is 11.1 Å². The summed E-state index contributed by atoms with van der Waals surface area (Å²) in [5.41, 5.74) is 7.48. The summed E-state index contributed by atoms with van der Waals surface area (Å²) in [6, 6.07) is 16.7. The first-order valence-electron chi connectivity index (χ1n) is 11.8. The third-order valence-electron chi connectivity index (χ3n) is 6.27. The number of nitrogens with one attached hydrogen (secondary N) is 1. The molecule has 1 N–H and O–H groups in total. The Balaban J connectivity index is 0.000000165. The Kier molecular flexibility index (Phi) is 7.34. The van der Waals surface area contributed by atoms with Gasteiger partial charge >= 0.3 is 0 Å². The third kappa shape index (κ3) is 5.29. The first-order chi connectivity index (χ1) is 16.9. The van der Waals surface area contributed by atoms with Crippen LogP contribution in [0.5, 0.6) is 0 Å². The van der Waals surface area contributed by atoms with E-state index in [0.717, 1.165) is 53.0 Å². The molecule has 3 heterocycles. The van der Waals surface area contributed by atoms with Gasteiger partial charge in [0.25, 0.3) is 0 Å². The molecule has 2 aromatic carbocycles. The van der Waals surface area contributed by atoms with Gasteiger partial charge in [0.1, 0.15) is 12.1 Å². The second-order valence-corrected chi connectivity index (χ2v) is 8.99. The summed E-state index contributed by atoms with van der Waals surface area (Å²) >= 11 is 0. The van der Waals surface area contributed by atoms with E-state index in [1.165, 1.54) is 23.3 Å². The molecule has 1 unspecified atom stereocenters. The molecule has 6 nitrogen and oxygen atoms in total. The Labute approximate surface area is 205 Å². The van der Waals surface area contributed by atoms with E-state index in [-0.39, 0.29) is 11.9 Å². The van der Waals surface area contributed by atoms with Crippen molar-refractivity contribution in [2.24, 2.45) is 0 Å². The first kappa shape index (κ1) is 24.3. The number of fused-ring (bicyclic) bond motifs is 1. The molecule has 0 fully saturated rings. The number of nitrogens with zero attached hydrogens (tertiary/aromatic N) is 4. The van der Waals surface area contributed by atoms with Crippen LogP contribution >= 0.6 is 0 Å². The summed E-state index contributed by atoms with van der Waals surface area (Å²) in [5.74, 6) is 1.02. The highest BCUT2D eigenvalue weighted by molar-refractivity contribution is 5.79. The number of aryl methyl sites for hydroxylation is 1. The van der Waals surface area contributed by atoms with Crippen molar-refractivity contribution in [1.29, 1.82) is 0 Å². The molecule has 0 aliphatic carbocycles. The molecule has 35 heavy (non-hydrogen) atoms. The van der Waals surface area contributed by atoms with Gasteiger partial charge in [-0.1, -0.05) is 43.3 Å². The second-order valence-electron chi connectivity index (χ2n) is 8.99. The number of hydrogen-bond acceptors (Lipinski definition) is 5. The molecule has 0 bridgehead atoms. The molecule has 1 aliphatic rings. The van der Waals surface area contributed by atoms with Crippen molar-refractivity contribution >= 4 is 12.1 Å². The zero-order chi connectivity index (χ0) is 24.9. The van der Waals surface area contributed by atoms with Gasteiger partial charge in [-0.2, -0.15) is 0 Å². The van der Waals surface area contributed by atoms with E-state index in [4.69, 9.17) is 0 Å². The summed E-state index contributed by atoms with van der Waals surface area (Å²) in [5, 5.41) is 11.3. The zero-order valence-electron chi connectivity index (χ0n) is 20.5. The predicted octanol–water partition coefficient (Wildman–Crippen LogP) is 5.99. The number of aldehydes is 1. The number of rotatable bonds is 5. The molecule has 7 heteroatoms. The number of carbonyl (C=O) groups is 1. The molecule has 0 radical (unpaired) electrons. The van der Waals surface area contributed by atoms with Gasteiger partial charge in [-0.3, -0.25) is 9.78 Å². The van der Waals surface area contributed by atoms with E-state index in [2.05, 4.69) is 40.5 Å². The number of pyridine rings is 1. The number of hydrogen-bond donors (Lipinski definition) is 1. The first-order valence-corrected chi connectivity index (χ1v) is 11.8.